The monoisotopic (exact) mass is 452 g/mol. The van der Waals surface area contributed by atoms with Gasteiger partial charge < -0.3 is 0 Å². The fraction of sp³-hybridized carbons (Fsp3) is 0.417. The SMILES string of the molecule is O=C(CN1CCN(S(=O)(=O)c2ccc3c(c2)CCC3)CC1)N1CCC(c2ccccc2)=N1. The average Bonchev–Trinajstić information content (AvgIpc) is 3.49. The van der Waals surface area contributed by atoms with Crippen molar-refractivity contribution < 1.29 is 13.2 Å². The maximum atomic E-state index is 13.1. The fourth-order valence-corrected chi connectivity index (χ4v) is 6.20. The van der Waals surface area contributed by atoms with Gasteiger partial charge in [0.25, 0.3) is 5.91 Å². The molecule has 1 saturated heterocycles. The summed E-state index contributed by atoms with van der Waals surface area (Å²) in [6, 6.07) is 15.5. The zero-order chi connectivity index (χ0) is 22.1. The highest BCUT2D eigenvalue weighted by molar-refractivity contribution is 7.89. The summed E-state index contributed by atoms with van der Waals surface area (Å²) < 4.78 is 27.8. The molecule has 0 saturated carbocycles. The molecule has 0 aromatic heterocycles. The van der Waals surface area contributed by atoms with E-state index in [1.165, 1.54) is 5.56 Å². The summed E-state index contributed by atoms with van der Waals surface area (Å²) in [7, 11) is -3.50. The Morgan fingerprint density at radius 3 is 2.41 bits per heavy atom. The quantitative estimate of drug-likeness (QED) is 0.697. The van der Waals surface area contributed by atoms with Crippen LogP contribution in [0.5, 0.6) is 0 Å². The van der Waals surface area contributed by atoms with Crippen molar-refractivity contribution >= 4 is 21.6 Å². The Bertz CT molecular complexity index is 1140. The minimum absolute atomic E-state index is 0.0362. The molecule has 7 nitrogen and oxygen atoms in total. The number of hydrogen-bond acceptors (Lipinski definition) is 5. The molecule has 3 aliphatic rings. The Morgan fingerprint density at radius 2 is 1.62 bits per heavy atom. The lowest BCUT2D eigenvalue weighted by molar-refractivity contribution is -0.132. The van der Waals surface area contributed by atoms with Crippen LogP contribution >= 0.6 is 0 Å². The Balaban J connectivity index is 1.17. The zero-order valence-corrected chi connectivity index (χ0v) is 18.9. The molecule has 2 aromatic carbocycles. The molecule has 1 fully saturated rings. The molecule has 0 N–H and O–H groups in total. The van der Waals surface area contributed by atoms with Gasteiger partial charge in [0.05, 0.1) is 23.7 Å². The van der Waals surface area contributed by atoms with Gasteiger partial charge in [-0.1, -0.05) is 36.4 Å². The Kier molecular flexibility index (Phi) is 5.84. The van der Waals surface area contributed by atoms with Crippen molar-refractivity contribution in [1.29, 1.82) is 0 Å². The first-order chi connectivity index (χ1) is 15.5. The lowest BCUT2D eigenvalue weighted by Gasteiger charge is -2.34. The van der Waals surface area contributed by atoms with Crippen molar-refractivity contribution in [3.8, 4) is 0 Å². The van der Waals surface area contributed by atoms with Crippen LogP contribution in [0.25, 0.3) is 0 Å². The van der Waals surface area contributed by atoms with E-state index in [2.05, 4.69) is 5.10 Å². The topological polar surface area (TPSA) is 73.3 Å². The van der Waals surface area contributed by atoms with Crippen molar-refractivity contribution in [3.05, 3.63) is 65.2 Å². The number of benzene rings is 2. The van der Waals surface area contributed by atoms with Gasteiger partial charge in [0.15, 0.2) is 0 Å². The van der Waals surface area contributed by atoms with E-state index in [1.54, 1.807) is 15.4 Å². The molecule has 2 aromatic rings. The molecule has 5 rings (SSSR count). The van der Waals surface area contributed by atoms with Crippen LogP contribution in [-0.4, -0.2) is 73.5 Å². The van der Waals surface area contributed by atoms with Gasteiger partial charge in [0, 0.05) is 32.6 Å². The van der Waals surface area contributed by atoms with E-state index in [0.29, 0.717) is 37.6 Å². The molecule has 32 heavy (non-hydrogen) atoms. The maximum Gasteiger partial charge on any atom is 0.256 e. The van der Waals surface area contributed by atoms with Crippen LogP contribution in [0.2, 0.25) is 0 Å². The number of rotatable bonds is 5. The summed E-state index contributed by atoms with van der Waals surface area (Å²) in [5.41, 5.74) is 4.42. The van der Waals surface area contributed by atoms with Gasteiger partial charge in [0.1, 0.15) is 0 Å². The number of carbonyl (C=O) groups is 1. The van der Waals surface area contributed by atoms with Gasteiger partial charge in [-0.2, -0.15) is 9.41 Å². The van der Waals surface area contributed by atoms with E-state index >= 15 is 0 Å². The molecule has 2 aliphatic heterocycles. The summed E-state index contributed by atoms with van der Waals surface area (Å²) in [6.07, 6.45) is 3.85. The van der Waals surface area contributed by atoms with Crippen molar-refractivity contribution in [2.45, 2.75) is 30.6 Å². The van der Waals surface area contributed by atoms with Crippen molar-refractivity contribution in [1.82, 2.24) is 14.2 Å². The molecule has 0 unspecified atom stereocenters. The van der Waals surface area contributed by atoms with Crippen LogP contribution in [0.3, 0.4) is 0 Å². The van der Waals surface area contributed by atoms with Crippen LogP contribution in [0.4, 0.5) is 0 Å². The highest BCUT2D eigenvalue weighted by Gasteiger charge is 2.31. The average molecular weight is 453 g/mol. The maximum absolute atomic E-state index is 13.1. The molecule has 8 heteroatoms. The first-order valence-electron chi connectivity index (χ1n) is 11.3. The van der Waals surface area contributed by atoms with E-state index in [0.717, 1.165) is 42.5 Å². The molecular formula is C24H28N4O3S. The van der Waals surface area contributed by atoms with Crippen molar-refractivity contribution in [2.24, 2.45) is 5.10 Å². The molecule has 0 bridgehead atoms. The summed E-state index contributed by atoms with van der Waals surface area (Å²) in [4.78, 5) is 15.2. The lowest BCUT2D eigenvalue weighted by atomic mass is 10.1. The largest absolute Gasteiger partial charge is 0.292 e. The highest BCUT2D eigenvalue weighted by Crippen LogP contribution is 2.26. The number of hydrazone groups is 1. The van der Waals surface area contributed by atoms with Crippen molar-refractivity contribution in [2.75, 3.05) is 39.3 Å². The first kappa shape index (κ1) is 21.3. The van der Waals surface area contributed by atoms with E-state index < -0.39 is 10.0 Å². The minimum atomic E-state index is -3.50. The smallest absolute Gasteiger partial charge is 0.256 e. The summed E-state index contributed by atoms with van der Waals surface area (Å²) in [6.45, 7) is 2.72. The second-order valence-electron chi connectivity index (χ2n) is 8.64. The predicted molar refractivity (Wildman–Crippen MR) is 123 cm³/mol. The number of nitrogens with zero attached hydrogens (tertiary/aromatic N) is 4. The standard InChI is InChI=1S/C24H28N4O3S/c29-24(28-12-11-23(25-28)20-5-2-1-3-6-20)18-26-13-15-27(16-14-26)32(30,31)22-10-9-19-7-4-8-21(19)17-22/h1-3,5-6,9-10,17H,4,7-8,11-16,18H2. The third kappa shape index (κ3) is 4.22. The van der Waals surface area contributed by atoms with Crippen LogP contribution < -0.4 is 0 Å². The van der Waals surface area contributed by atoms with E-state index in [9.17, 15) is 13.2 Å². The van der Waals surface area contributed by atoms with Crippen LogP contribution in [0, 0.1) is 0 Å². The summed E-state index contributed by atoms with van der Waals surface area (Å²) in [5, 5.41) is 6.07. The van der Waals surface area contributed by atoms with Gasteiger partial charge in [0.2, 0.25) is 10.0 Å². The normalized spacial score (nSPS) is 19.8. The fourth-order valence-electron chi connectivity index (χ4n) is 4.73. The number of carbonyl (C=O) groups excluding carboxylic acids is 1. The molecule has 0 atom stereocenters. The molecule has 2 heterocycles. The molecule has 168 valence electrons. The summed E-state index contributed by atoms with van der Waals surface area (Å²) in [5.74, 6) is -0.0362. The third-order valence-corrected chi connectivity index (χ3v) is 8.49. The number of amides is 1. The first-order valence-corrected chi connectivity index (χ1v) is 12.7. The number of aryl methyl sites for hydroxylation is 2. The number of fused-ring (bicyclic) bond motifs is 1. The Morgan fingerprint density at radius 1 is 0.875 bits per heavy atom. The van der Waals surface area contributed by atoms with E-state index in [-0.39, 0.29) is 12.5 Å². The lowest BCUT2D eigenvalue weighted by Crippen LogP contribution is -2.50. The number of sulfonamides is 1. The van der Waals surface area contributed by atoms with Crippen LogP contribution in [0.1, 0.15) is 29.5 Å². The van der Waals surface area contributed by atoms with E-state index in [1.807, 2.05) is 47.4 Å². The molecule has 1 amide bonds. The predicted octanol–water partition coefficient (Wildman–Crippen LogP) is 2.12. The number of piperazine rings is 1. The van der Waals surface area contributed by atoms with Gasteiger partial charge in [-0.25, -0.2) is 13.4 Å². The summed E-state index contributed by atoms with van der Waals surface area (Å²) >= 11 is 0. The highest BCUT2D eigenvalue weighted by atomic mass is 32.2. The Hall–Kier alpha value is -2.55. The minimum Gasteiger partial charge on any atom is -0.292 e. The van der Waals surface area contributed by atoms with Crippen LogP contribution in [-0.2, 0) is 27.7 Å². The number of hydrogen-bond donors (Lipinski definition) is 0. The van der Waals surface area contributed by atoms with Gasteiger partial charge in [-0.3, -0.25) is 9.69 Å². The molecule has 0 radical (unpaired) electrons. The Labute approximate surface area is 189 Å². The molecular weight excluding hydrogens is 424 g/mol. The van der Waals surface area contributed by atoms with Gasteiger partial charge in [-0.05, 0) is 48.1 Å². The molecule has 0 spiro atoms. The zero-order valence-electron chi connectivity index (χ0n) is 18.1. The third-order valence-electron chi connectivity index (χ3n) is 6.59. The van der Waals surface area contributed by atoms with E-state index in [4.69, 9.17) is 0 Å². The van der Waals surface area contributed by atoms with Crippen molar-refractivity contribution in [3.63, 3.8) is 0 Å². The van der Waals surface area contributed by atoms with Gasteiger partial charge >= 0.3 is 0 Å². The second-order valence-corrected chi connectivity index (χ2v) is 10.6. The second kappa shape index (κ2) is 8.77. The van der Waals surface area contributed by atoms with Crippen LogP contribution in [0.15, 0.2) is 58.5 Å². The molecule has 1 aliphatic carbocycles. The van der Waals surface area contributed by atoms with Gasteiger partial charge in [-0.15, -0.1) is 0 Å².